The maximum absolute atomic E-state index is 13.5. The lowest BCUT2D eigenvalue weighted by atomic mass is 10.00. The second-order valence-electron chi connectivity index (χ2n) is 4.44. The molecule has 1 aliphatic heterocycles. The fourth-order valence-electron chi connectivity index (χ4n) is 1.67. The summed E-state index contributed by atoms with van der Waals surface area (Å²) >= 11 is 0. The highest BCUT2D eigenvalue weighted by Crippen LogP contribution is 2.09. The second kappa shape index (κ2) is 6.19. The molecule has 0 aromatic heterocycles. The van der Waals surface area contributed by atoms with Gasteiger partial charge < -0.3 is 10.1 Å². The van der Waals surface area contributed by atoms with Crippen molar-refractivity contribution in [2.75, 3.05) is 6.61 Å². The molecule has 0 spiro atoms. The lowest BCUT2D eigenvalue weighted by Crippen LogP contribution is -2.46. The van der Waals surface area contributed by atoms with Crippen molar-refractivity contribution in [3.8, 4) is 0 Å². The molecule has 0 amide bonds. The van der Waals surface area contributed by atoms with Gasteiger partial charge in [-0.3, -0.25) is 4.79 Å². The van der Waals surface area contributed by atoms with E-state index in [0.29, 0.717) is 18.3 Å². The van der Waals surface area contributed by atoms with Crippen LogP contribution >= 0.6 is 0 Å². The van der Waals surface area contributed by atoms with Crippen molar-refractivity contribution in [3.63, 3.8) is 0 Å². The number of carbonyl (C=O) groups excluding carboxylic acids is 1. The Morgan fingerprint density at radius 2 is 2.06 bits per heavy atom. The van der Waals surface area contributed by atoms with Crippen LogP contribution in [0.25, 0.3) is 12.0 Å². The number of hydrogen-bond donors (Lipinski definition) is 1. The van der Waals surface area contributed by atoms with Gasteiger partial charge in [0.05, 0.1) is 12.1 Å². The summed E-state index contributed by atoms with van der Waals surface area (Å²) in [6.45, 7) is 6.56. The van der Waals surface area contributed by atoms with Crippen LogP contribution in [0.5, 0.6) is 0 Å². The van der Waals surface area contributed by atoms with Gasteiger partial charge in [-0.1, -0.05) is 24.3 Å². The summed E-state index contributed by atoms with van der Waals surface area (Å²) in [6.07, 6.45) is 2.03. The third-order valence-electron chi connectivity index (χ3n) is 2.38. The first-order valence-corrected chi connectivity index (χ1v) is 5.81. The van der Waals surface area contributed by atoms with E-state index >= 15 is 0 Å². The van der Waals surface area contributed by atoms with Crippen molar-refractivity contribution >= 4 is 18.5 Å². The zero-order valence-electron chi connectivity index (χ0n) is 10.9. The third kappa shape index (κ3) is 3.87. The quantitative estimate of drug-likeness (QED) is 0.631. The maximum atomic E-state index is 13.5. The van der Waals surface area contributed by atoms with Gasteiger partial charge in [-0.15, -0.1) is 0 Å². The Hall–Kier alpha value is -1.84. The van der Waals surface area contributed by atoms with Gasteiger partial charge in [-0.05, 0) is 32.1 Å². The van der Waals surface area contributed by atoms with Crippen molar-refractivity contribution in [1.82, 2.24) is 5.32 Å². The number of nitrogens with one attached hydrogen (secondary N) is 1. The zero-order valence-corrected chi connectivity index (χ0v) is 10.9. The van der Waals surface area contributed by atoms with E-state index < -0.39 is 0 Å². The summed E-state index contributed by atoms with van der Waals surface area (Å²) in [5.74, 6) is -0.233. The van der Waals surface area contributed by atoms with E-state index in [1.165, 1.54) is 0 Å². The van der Waals surface area contributed by atoms with Crippen LogP contribution in [-0.2, 0) is 9.53 Å². The number of benzene rings is 1. The summed E-state index contributed by atoms with van der Waals surface area (Å²) in [5.41, 5.74) is -0.293. The SMILES string of the molecule is CC1(C)C=c2ccccc2=C(F)N1.CCOC=O. The molecule has 1 aliphatic rings. The number of halogens is 1. The summed E-state index contributed by atoms with van der Waals surface area (Å²) in [6, 6.07) is 7.47. The van der Waals surface area contributed by atoms with Gasteiger partial charge in [0.15, 0.2) is 5.95 Å². The van der Waals surface area contributed by atoms with E-state index in [-0.39, 0.29) is 11.5 Å². The van der Waals surface area contributed by atoms with Crippen LogP contribution in [0, 0.1) is 0 Å². The topological polar surface area (TPSA) is 38.3 Å². The smallest absolute Gasteiger partial charge is 0.293 e. The molecule has 1 heterocycles. The summed E-state index contributed by atoms with van der Waals surface area (Å²) < 4.78 is 17.6. The molecule has 0 aliphatic carbocycles. The Labute approximate surface area is 106 Å². The highest BCUT2D eigenvalue weighted by atomic mass is 19.1. The minimum absolute atomic E-state index is 0.233. The minimum atomic E-state index is -0.293. The van der Waals surface area contributed by atoms with Crippen molar-refractivity contribution in [1.29, 1.82) is 0 Å². The molecule has 0 saturated carbocycles. The van der Waals surface area contributed by atoms with Crippen LogP contribution in [-0.4, -0.2) is 18.6 Å². The number of hydrogen-bond acceptors (Lipinski definition) is 3. The molecule has 1 N–H and O–H groups in total. The molecule has 0 bridgehead atoms. The number of fused-ring (bicyclic) bond motifs is 1. The molecule has 0 radical (unpaired) electrons. The van der Waals surface area contributed by atoms with Crippen molar-refractivity contribution in [2.24, 2.45) is 0 Å². The van der Waals surface area contributed by atoms with Gasteiger partial charge in [-0.2, -0.15) is 4.39 Å². The molecule has 0 saturated heterocycles. The molecule has 1 aromatic rings. The average Bonchev–Trinajstić information content (AvgIpc) is 2.29. The normalized spacial score (nSPS) is 15.2. The van der Waals surface area contributed by atoms with Gasteiger partial charge in [0.25, 0.3) is 6.47 Å². The van der Waals surface area contributed by atoms with E-state index in [0.717, 1.165) is 5.22 Å². The van der Waals surface area contributed by atoms with Gasteiger partial charge in [0.1, 0.15) is 0 Å². The molecule has 98 valence electrons. The number of rotatable bonds is 2. The lowest BCUT2D eigenvalue weighted by molar-refractivity contribution is -0.128. The molecule has 0 atom stereocenters. The van der Waals surface area contributed by atoms with E-state index in [1.807, 2.05) is 38.1 Å². The molecule has 3 nitrogen and oxygen atoms in total. The molecule has 2 rings (SSSR count). The molecule has 0 fully saturated rings. The van der Waals surface area contributed by atoms with Crippen LogP contribution in [0.4, 0.5) is 4.39 Å². The Kier molecular flexibility index (Phi) is 4.89. The number of carbonyl (C=O) groups is 1. The first-order valence-electron chi connectivity index (χ1n) is 5.81. The molecular formula is C14H18FNO2. The summed E-state index contributed by atoms with van der Waals surface area (Å²) in [5, 5.41) is 4.42. The molecule has 4 heteroatoms. The zero-order chi connectivity index (χ0) is 13.6. The van der Waals surface area contributed by atoms with Crippen LogP contribution in [0.3, 0.4) is 0 Å². The third-order valence-corrected chi connectivity index (χ3v) is 2.38. The first kappa shape index (κ1) is 14.2. The van der Waals surface area contributed by atoms with E-state index in [9.17, 15) is 9.18 Å². The van der Waals surface area contributed by atoms with Crippen LogP contribution in [0.15, 0.2) is 24.3 Å². The predicted molar refractivity (Wildman–Crippen MR) is 69.6 cm³/mol. The van der Waals surface area contributed by atoms with Crippen LogP contribution < -0.4 is 15.8 Å². The largest absolute Gasteiger partial charge is 0.468 e. The van der Waals surface area contributed by atoms with Gasteiger partial charge >= 0.3 is 0 Å². The van der Waals surface area contributed by atoms with E-state index in [2.05, 4.69) is 10.1 Å². The summed E-state index contributed by atoms with van der Waals surface area (Å²) in [4.78, 5) is 9.18. The molecular weight excluding hydrogens is 233 g/mol. The van der Waals surface area contributed by atoms with E-state index in [4.69, 9.17) is 0 Å². The maximum Gasteiger partial charge on any atom is 0.293 e. The lowest BCUT2D eigenvalue weighted by Gasteiger charge is -2.25. The molecule has 18 heavy (non-hydrogen) atoms. The highest BCUT2D eigenvalue weighted by molar-refractivity contribution is 5.49. The van der Waals surface area contributed by atoms with Crippen molar-refractivity contribution < 1.29 is 13.9 Å². The average molecular weight is 251 g/mol. The fraction of sp³-hybridized carbons (Fsp3) is 0.357. The van der Waals surface area contributed by atoms with Gasteiger partial charge in [0, 0.05) is 5.22 Å². The van der Waals surface area contributed by atoms with Crippen molar-refractivity contribution in [3.05, 3.63) is 34.7 Å². The van der Waals surface area contributed by atoms with Gasteiger partial charge in [-0.25, -0.2) is 0 Å². The first-order chi connectivity index (χ1) is 8.50. The molecule has 0 unspecified atom stereocenters. The Morgan fingerprint density at radius 3 is 2.61 bits per heavy atom. The Bertz CT molecular complexity index is 523. The van der Waals surface area contributed by atoms with Crippen LogP contribution in [0.2, 0.25) is 0 Å². The van der Waals surface area contributed by atoms with Crippen LogP contribution in [0.1, 0.15) is 20.8 Å². The Balaban J connectivity index is 0.000000280. The van der Waals surface area contributed by atoms with Crippen molar-refractivity contribution in [2.45, 2.75) is 26.3 Å². The fourth-order valence-corrected chi connectivity index (χ4v) is 1.67. The molecule has 1 aromatic carbocycles. The van der Waals surface area contributed by atoms with Gasteiger partial charge in [0.2, 0.25) is 0 Å². The van der Waals surface area contributed by atoms with E-state index in [1.54, 1.807) is 13.0 Å². The number of ether oxygens (including phenoxy) is 1. The predicted octanol–water partition coefficient (Wildman–Crippen LogP) is 1.06. The standard InChI is InChI=1S/C11H12FN.C3H6O2/c1-11(2)7-8-5-3-4-6-9(8)10(12)13-11;1-2-5-3-4/h3-7,13H,1-2H3;3H,2H2,1H3. The second-order valence-corrected chi connectivity index (χ2v) is 4.44. The highest BCUT2D eigenvalue weighted by Gasteiger charge is 2.18. The Morgan fingerprint density at radius 1 is 1.39 bits per heavy atom. The monoisotopic (exact) mass is 251 g/mol. The minimum Gasteiger partial charge on any atom is -0.468 e. The summed E-state index contributed by atoms with van der Waals surface area (Å²) in [7, 11) is 0.